The second-order valence-electron chi connectivity index (χ2n) is 6.66. The number of aryl methyl sites for hydroxylation is 2. The van der Waals surface area contributed by atoms with Gasteiger partial charge in [0, 0.05) is 36.5 Å². The Morgan fingerprint density at radius 1 is 1.00 bits per heavy atom. The maximum atomic E-state index is 12.1. The molecule has 1 aliphatic rings. The van der Waals surface area contributed by atoms with Crippen LogP contribution in [0.4, 0.5) is 5.69 Å². The van der Waals surface area contributed by atoms with E-state index in [2.05, 4.69) is 67.0 Å². The molecule has 0 radical (unpaired) electrons. The topological polar surface area (TPSA) is 32.3 Å². The Hall–Kier alpha value is -2.81. The first-order valence-electron chi connectivity index (χ1n) is 8.43. The van der Waals surface area contributed by atoms with E-state index in [1.54, 1.807) is 7.05 Å². The monoisotopic (exact) mass is 332 g/mol. The number of anilines is 1. The number of fused-ring (bicyclic) bond motifs is 3. The summed E-state index contributed by atoms with van der Waals surface area (Å²) in [6, 6.07) is 13.0. The van der Waals surface area contributed by atoms with Gasteiger partial charge in [0.2, 0.25) is 0 Å². The van der Waals surface area contributed by atoms with E-state index >= 15 is 0 Å². The van der Waals surface area contributed by atoms with E-state index in [0.717, 1.165) is 22.5 Å². The highest BCUT2D eigenvalue weighted by atomic mass is 16.1. The quantitative estimate of drug-likeness (QED) is 0.824. The summed E-state index contributed by atoms with van der Waals surface area (Å²) in [6.45, 7) is 10.2. The zero-order valence-electron chi connectivity index (χ0n) is 15.5. The van der Waals surface area contributed by atoms with Gasteiger partial charge in [-0.25, -0.2) is 0 Å². The molecule has 3 rings (SSSR count). The summed E-state index contributed by atoms with van der Waals surface area (Å²) in [5.41, 5.74) is 9.57. The van der Waals surface area contributed by atoms with Crippen LogP contribution in [0.2, 0.25) is 0 Å². The number of nitrogens with zero attached hydrogens (tertiary/aromatic N) is 1. The Morgan fingerprint density at radius 2 is 1.60 bits per heavy atom. The van der Waals surface area contributed by atoms with Crippen molar-refractivity contribution in [3.8, 4) is 11.1 Å². The van der Waals surface area contributed by atoms with Crippen molar-refractivity contribution in [2.45, 2.75) is 20.8 Å². The normalized spacial score (nSPS) is 14.5. The molecule has 0 atom stereocenters. The number of hydrogen-bond acceptors (Lipinski definition) is 2. The molecule has 0 saturated heterocycles. The summed E-state index contributed by atoms with van der Waals surface area (Å²) in [6.07, 6.45) is 0. The number of nitrogens with one attached hydrogen (secondary N) is 1. The molecule has 1 N–H and O–H groups in total. The van der Waals surface area contributed by atoms with E-state index < -0.39 is 0 Å². The van der Waals surface area contributed by atoms with Crippen molar-refractivity contribution in [1.82, 2.24) is 5.32 Å². The molecule has 2 aromatic carbocycles. The Balaban J connectivity index is 2.32. The molecule has 1 heterocycles. The summed E-state index contributed by atoms with van der Waals surface area (Å²) >= 11 is 0. The van der Waals surface area contributed by atoms with Crippen LogP contribution in [-0.2, 0) is 4.79 Å². The van der Waals surface area contributed by atoms with Crippen molar-refractivity contribution in [2.24, 2.45) is 0 Å². The van der Waals surface area contributed by atoms with E-state index in [-0.39, 0.29) is 5.91 Å². The minimum absolute atomic E-state index is 0.151. The highest BCUT2D eigenvalue weighted by Crippen LogP contribution is 2.45. The first-order chi connectivity index (χ1) is 11.8. The number of benzene rings is 2. The predicted molar refractivity (Wildman–Crippen MR) is 106 cm³/mol. The smallest absolute Gasteiger partial charge is 0.250 e. The van der Waals surface area contributed by atoms with Crippen LogP contribution in [0.15, 0.2) is 54.1 Å². The Bertz CT molecular complexity index is 922. The molecule has 2 aromatic rings. The van der Waals surface area contributed by atoms with Gasteiger partial charge in [-0.15, -0.1) is 0 Å². The van der Waals surface area contributed by atoms with Crippen LogP contribution in [0.1, 0.15) is 23.6 Å². The summed E-state index contributed by atoms with van der Waals surface area (Å²) in [4.78, 5) is 14.3. The van der Waals surface area contributed by atoms with Gasteiger partial charge in [-0.3, -0.25) is 4.79 Å². The minimum atomic E-state index is -0.151. The highest BCUT2D eigenvalue weighted by Gasteiger charge is 2.27. The largest absolute Gasteiger partial charge is 0.355 e. The Labute approximate surface area is 149 Å². The van der Waals surface area contributed by atoms with Crippen LogP contribution in [0, 0.1) is 13.8 Å². The lowest BCUT2D eigenvalue weighted by atomic mass is 9.86. The van der Waals surface area contributed by atoms with Gasteiger partial charge in [-0.05, 0) is 44.0 Å². The second kappa shape index (κ2) is 6.25. The Kier molecular flexibility index (Phi) is 4.25. The van der Waals surface area contributed by atoms with Gasteiger partial charge in [0.05, 0.1) is 5.70 Å². The second-order valence-corrected chi connectivity index (χ2v) is 6.66. The van der Waals surface area contributed by atoms with Crippen LogP contribution in [0.25, 0.3) is 16.8 Å². The SMILES string of the molecule is C=C(C(=O)NC)/C(C)=C1/c2ccc(C)cc2-c2cc(C)ccc2N1C. The summed E-state index contributed by atoms with van der Waals surface area (Å²) in [5.74, 6) is -0.151. The maximum absolute atomic E-state index is 12.1. The highest BCUT2D eigenvalue weighted by molar-refractivity contribution is 6.05. The number of likely N-dealkylation sites (N-methyl/N-ethyl adjacent to an activating group) is 1. The summed E-state index contributed by atoms with van der Waals surface area (Å²) in [7, 11) is 3.68. The molecule has 0 saturated carbocycles. The van der Waals surface area contributed by atoms with Gasteiger partial charge in [-0.2, -0.15) is 0 Å². The van der Waals surface area contributed by atoms with Crippen molar-refractivity contribution in [3.05, 3.63) is 70.8 Å². The van der Waals surface area contributed by atoms with Gasteiger partial charge in [0.25, 0.3) is 5.91 Å². The average molecular weight is 332 g/mol. The van der Waals surface area contributed by atoms with E-state index in [9.17, 15) is 4.79 Å². The number of carbonyl (C=O) groups excluding carboxylic acids is 1. The zero-order chi connectivity index (χ0) is 18.3. The van der Waals surface area contributed by atoms with E-state index in [1.807, 2.05) is 14.0 Å². The van der Waals surface area contributed by atoms with Crippen LogP contribution >= 0.6 is 0 Å². The summed E-state index contributed by atoms with van der Waals surface area (Å²) < 4.78 is 0. The number of amides is 1. The third-order valence-electron chi connectivity index (χ3n) is 4.88. The maximum Gasteiger partial charge on any atom is 0.250 e. The van der Waals surface area contributed by atoms with Gasteiger partial charge in [0.15, 0.2) is 0 Å². The fraction of sp³-hybridized carbons (Fsp3) is 0.227. The van der Waals surface area contributed by atoms with Crippen molar-refractivity contribution in [3.63, 3.8) is 0 Å². The fourth-order valence-electron chi connectivity index (χ4n) is 3.46. The number of hydrogen-bond donors (Lipinski definition) is 1. The molecule has 3 heteroatoms. The molecule has 0 aliphatic carbocycles. The molecule has 0 unspecified atom stereocenters. The van der Waals surface area contributed by atoms with Crippen LogP contribution < -0.4 is 10.2 Å². The molecule has 128 valence electrons. The van der Waals surface area contributed by atoms with Crippen molar-refractivity contribution in [1.29, 1.82) is 0 Å². The molecule has 25 heavy (non-hydrogen) atoms. The first-order valence-corrected chi connectivity index (χ1v) is 8.43. The van der Waals surface area contributed by atoms with Crippen molar-refractivity contribution >= 4 is 17.3 Å². The average Bonchev–Trinajstić information content (AvgIpc) is 2.60. The van der Waals surface area contributed by atoms with Crippen LogP contribution in [0.5, 0.6) is 0 Å². The van der Waals surface area contributed by atoms with Crippen LogP contribution in [-0.4, -0.2) is 20.0 Å². The van der Waals surface area contributed by atoms with Crippen molar-refractivity contribution < 1.29 is 4.79 Å². The first kappa shape index (κ1) is 17.0. The standard InChI is InChI=1S/C22H24N2O/c1-13-7-9-17-18(11-13)19-12-14(2)8-10-20(19)24(6)21(17)15(3)16(4)22(25)23-5/h7-12H,4H2,1-3,5-6H3,(H,23,25)/b21-15-. The Morgan fingerprint density at radius 3 is 2.24 bits per heavy atom. The minimum Gasteiger partial charge on any atom is -0.355 e. The third-order valence-corrected chi connectivity index (χ3v) is 4.88. The summed E-state index contributed by atoms with van der Waals surface area (Å²) in [5, 5.41) is 2.67. The van der Waals surface area contributed by atoms with E-state index in [1.165, 1.54) is 22.3 Å². The molecular weight excluding hydrogens is 308 g/mol. The van der Waals surface area contributed by atoms with Gasteiger partial charge >= 0.3 is 0 Å². The van der Waals surface area contributed by atoms with E-state index in [0.29, 0.717) is 5.57 Å². The molecule has 1 aliphatic heterocycles. The molecule has 0 spiro atoms. The van der Waals surface area contributed by atoms with Gasteiger partial charge < -0.3 is 10.2 Å². The lowest BCUT2D eigenvalue weighted by Crippen LogP contribution is -2.25. The predicted octanol–water partition coefficient (Wildman–Crippen LogP) is 4.45. The van der Waals surface area contributed by atoms with Gasteiger partial charge in [0.1, 0.15) is 0 Å². The molecule has 0 bridgehead atoms. The zero-order valence-corrected chi connectivity index (χ0v) is 15.5. The molecule has 3 nitrogen and oxygen atoms in total. The van der Waals surface area contributed by atoms with E-state index in [4.69, 9.17) is 0 Å². The number of carbonyl (C=O) groups is 1. The van der Waals surface area contributed by atoms with Crippen LogP contribution in [0.3, 0.4) is 0 Å². The van der Waals surface area contributed by atoms with Gasteiger partial charge in [-0.1, -0.05) is 42.0 Å². The van der Waals surface area contributed by atoms with Crippen molar-refractivity contribution in [2.75, 3.05) is 19.0 Å². The molecular formula is C22H24N2O. The lowest BCUT2D eigenvalue weighted by Gasteiger charge is -2.34. The molecule has 1 amide bonds. The molecule has 0 fully saturated rings. The molecule has 0 aromatic heterocycles. The third kappa shape index (κ3) is 2.76. The number of rotatable bonds is 2. The lowest BCUT2D eigenvalue weighted by molar-refractivity contribution is -0.116. The fourth-order valence-corrected chi connectivity index (χ4v) is 3.46.